The van der Waals surface area contributed by atoms with Gasteiger partial charge in [-0.3, -0.25) is 0 Å². The fraction of sp³-hybridized carbons (Fsp3) is 1.00. The summed E-state index contributed by atoms with van der Waals surface area (Å²) in [5.41, 5.74) is -7.44. The van der Waals surface area contributed by atoms with Crippen molar-refractivity contribution in [3.8, 4) is 0 Å². The van der Waals surface area contributed by atoms with Crippen molar-refractivity contribution in [1.29, 1.82) is 0 Å². The number of methoxy groups -OCH3 is 2. The molecule has 174 valence electrons. The lowest BCUT2D eigenvalue weighted by Crippen LogP contribution is -2.70. The van der Waals surface area contributed by atoms with Crippen molar-refractivity contribution in [3.63, 3.8) is 0 Å². The molecule has 0 aromatic carbocycles. The van der Waals surface area contributed by atoms with Crippen molar-refractivity contribution >= 4 is 0 Å². The molecule has 2 fully saturated rings. The molecule has 2 rings (SSSR count). The van der Waals surface area contributed by atoms with Gasteiger partial charge in [0.15, 0.2) is 0 Å². The zero-order valence-corrected chi connectivity index (χ0v) is 17.6. The Kier molecular flexibility index (Phi) is 9.26. The molecule has 0 aromatic rings. The normalized spacial score (nSPS) is 31.1. The Balaban J connectivity index is 0.000000612. The first-order chi connectivity index (χ1) is 13.3. The summed E-state index contributed by atoms with van der Waals surface area (Å²) < 4.78 is 103. The Morgan fingerprint density at radius 1 is 1.03 bits per heavy atom. The summed E-state index contributed by atoms with van der Waals surface area (Å²) in [6, 6.07) is 0. The van der Waals surface area contributed by atoms with Gasteiger partial charge < -0.3 is 18.9 Å². The summed E-state index contributed by atoms with van der Waals surface area (Å²) in [5, 5.41) is 0. The lowest BCUT2D eigenvalue weighted by Gasteiger charge is -2.48. The molecule has 2 bridgehead atoms. The third kappa shape index (κ3) is 5.02. The van der Waals surface area contributed by atoms with Gasteiger partial charge in [-0.05, 0) is 39.5 Å². The van der Waals surface area contributed by atoms with Gasteiger partial charge >= 0.3 is 6.18 Å². The number of hydrogen-bond donors (Lipinski definition) is 0. The molecule has 0 aromatic heterocycles. The van der Waals surface area contributed by atoms with E-state index in [0.29, 0.717) is 13.0 Å². The average Bonchev–Trinajstić information content (AvgIpc) is 3.22. The van der Waals surface area contributed by atoms with E-state index in [1.165, 1.54) is 7.11 Å². The predicted octanol–water partition coefficient (Wildman–Crippen LogP) is 5.15. The van der Waals surface area contributed by atoms with Gasteiger partial charge in [0.05, 0.1) is 19.3 Å². The SMILES string of the molecule is CCC(C)OC.COCCOCOC(C)(C(F)(F)F)C1(F)C2CCC(C2)C1(F)F. The fourth-order valence-corrected chi connectivity index (χ4v) is 3.87. The van der Waals surface area contributed by atoms with Crippen LogP contribution in [-0.2, 0) is 18.9 Å². The van der Waals surface area contributed by atoms with Crippen LogP contribution in [0, 0.1) is 11.8 Å². The van der Waals surface area contributed by atoms with E-state index in [-0.39, 0.29) is 32.5 Å². The van der Waals surface area contributed by atoms with Gasteiger partial charge in [0, 0.05) is 26.1 Å². The number of alkyl halides is 6. The largest absolute Gasteiger partial charge is 0.420 e. The maximum absolute atomic E-state index is 15.2. The highest BCUT2D eigenvalue weighted by Gasteiger charge is 2.83. The lowest BCUT2D eigenvalue weighted by atomic mass is 9.71. The van der Waals surface area contributed by atoms with Crippen LogP contribution in [0.3, 0.4) is 0 Å². The number of rotatable bonds is 9. The van der Waals surface area contributed by atoms with Crippen molar-refractivity contribution in [3.05, 3.63) is 0 Å². The first kappa shape index (κ1) is 26.5. The molecule has 29 heavy (non-hydrogen) atoms. The molecule has 0 N–H and O–H groups in total. The van der Waals surface area contributed by atoms with Crippen molar-refractivity contribution < 1.29 is 45.3 Å². The van der Waals surface area contributed by atoms with Crippen LogP contribution in [0.25, 0.3) is 0 Å². The fourth-order valence-electron chi connectivity index (χ4n) is 3.87. The van der Waals surface area contributed by atoms with Gasteiger partial charge in [-0.2, -0.15) is 13.2 Å². The first-order valence-corrected chi connectivity index (χ1v) is 9.70. The average molecular weight is 438 g/mol. The van der Waals surface area contributed by atoms with E-state index in [1.807, 2.05) is 0 Å². The number of halogens is 6. The second-order valence-electron chi connectivity index (χ2n) is 7.69. The highest BCUT2D eigenvalue weighted by atomic mass is 19.4. The first-order valence-electron chi connectivity index (χ1n) is 9.70. The monoisotopic (exact) mass is 438 g/mol. The summed E-state index contributed by atoms with van der Waals surface area (Å²) in [7, 11) is 3.09. The number of fused-ring (bicyclic) bond motifs is 2. The molecular formula is C19H32F6O4. The molecule has 10 heteroatoms. The Bertz CT molecular complexity index is 500. The molecular weight excluding hydrogens is 406 g/mol. The molecule has 2 aliphatic carbocycles. The Labute approximate surface area is 168 Å². The predicted molar refractivity (Wildman–Crippen MR) is 94.6 cm³/mol. The standard InChI is InChI=1S/C14H20F6O3.C5H12O/c1-11(14(18,19)20,23-8-22-6-5-21-2)12(15)9-3-4-10(7-9)13(12,16)17;1-4-5(2)6-3/h9-10H,3-8H2,1-2H3;5H,4H2,1-3H3. The summed E-state index contributed by atoms with van der Waals surface area (Å²) >= 11 is 0. The van der Waals surface area contributed by atoms with E-state index in [4.69, 9.17) is 9.47 Å². The maximum Gasteiger partial charge on any atom is 0.420 e. The van der Waals surface area contributed by atoms with Crippen molar-refractivity contribution in [2.75, 3.05) is 34.2 Å². The quantitative estimate of drug-likeness (QED) is 0.284. The van der Waals surface area contributed by atoms with Crippen molar-refractivity contribution in [2.45, 2.75) is 75.9 Å². The third-order valence-corrected chi connectivity index (χ3v) is 6.07. The zero-order valence-electron chi connectivity index (χ0n) is 17.6. The zero-order chi connectivity index (χ0) is 22.5. The van der Waals surface area contributed by atoms with E-state index >= 15 is 4.39 Å². The maximum atomic E-state index is 15.2. The van der Waals surface area contributed by atoms with E-state index in [9.17, 15) is 22.0 Å². The number of hydrogen-bond acceptors (Lipinski definition) is 4. The van der Waals surface area contributed by atoms with Gasteiger partial charge in [0.25, 0.3) is 5.92 Å². The molecule has 0 saturated heterocycles. The molecule has 2 aliphatic rings. The summed E-state index contributed by atoms with van der Waals surface area (Å²) in [6.45, 7) is 3.56. The second kappa shape index (κ2) is 10.2. The molecule has 5 unspecified atom stereocenters. The summed E-state index contributed by atoms with van der Waals surface area (Å²) in [4.78, 5) is 0. The van der Waals surface area contributed by atoms with Gasteiger partial charge in [0.2, 0.25) is 11.3 Å². The van der Waals surface area contributed by atoms with Gasteiger partial charge in [-0.25, -0.2) is 13.2 Å². The van der Waals surface area contributed by atoms with Crippen LogP contribution in [0.5, 0.6) is 0 Å². The van der Waals surface area contributed by atoms with Crippen LogP contribution >= 0.6 is 0 Å². The molecule has 0 radical (unpaired) electrons. The highest BCUT2D eigenvalue weighted by Crippen LogP contribution is 2.67. The molecule has 0 heterocycles. The van der Waals surface area contributed by atoms with Crippen LogP contribution in [0.4, 0.5) is 26.3 Å². The van der Waals surface area contributed by atoms with Gasteiger partial charge in [-0.1, -0.05) is 6.92 Å². The molecule has 4 nitrogen and oxygen atoms in total. The lowest BCUT2D eigenvalue weighted by molar-refractivity contribution is -0.369. The molecule has 5 atom stereocenters. The van der Waals surface area contributed by atoms with Crippen molar-refractivity contribution in [2.24, 2.45) is 11.8 Å². The number of ether oxygens (including phenoxy) is 4. The Morgan fingerprint density at radius 3 is 2.00 bits per heavy atom. The van der Waals surface area contributed by atoms with E-state index < -0.39 is 42.0 Å². The summed E-state index contributed by atoms with van der Waals surface area (Å²) in [5.74, 6) is -6.85. The van der Waals surface area contributed by atoms with Crippen LogP contribution < -0.4 is 0 Å². The van der Waals surface area contributed by atoms with Crippen LogP contribution in [0.15, 0.2) is 0 Å². The van der Waals surface area contributed by atoms with Crippen molar-refractivity contribution in [1.82, 2.24) is 0 Å². The van der Waals surface area contributed by atoms with Gasteiger partial charge in [-0.15, -0.1) is 0 Å². The van der Waals surface area contributed by atoms with Gasteiger partial charge in [0.1, 0.15) is 6.79 Å². The van der Waals surface area contributed by atoms with Crippen LogP contribution in [0.2, 0.25) is 0 Å². The van der Waals surface area contributed by atoms with E-state index in [0.717, 1.165) is 6.42 Å². The summed E-state index contributed by atoms with van der Waals surface area (Å²) in [6.07, 6.45) is -4.00. The Hall–Kier alpha value is -0.580. The smallest absolute Gasteiger partial charge is 0.382 e. The Morgan fingerprint density at radius 2 is 1.62 bits per heavy atom. The topological polar surface area (TPSA) is 36.9 Å². The third-order valence-electron chi connectivity index (χ3n) is 6.07. The van der Waals surface area contributed by atoms with Crippen LogP contribution in [0.1, 0.15) is 46.5 Å². The van der Waals surface area contributed by atoms with E-state index in [1.54, 1.807) is 7.11 Å². The molecule has 0 aliphatic heterocycles. The minimum absolute atomic E-state index is 0.00365. The highest BCUT2D eigenvalue weighted by molar-refractivity contribution is 5.22. The molecule has 0 amide bonds. The molecule has 0 spiro atoms. The second-order valence-corrected chi connectivity index (χ2v) is 7.69. The molecule has 2 saturated carbocycles. The minimum Gasteiger partial charge on any atom is -0.382 e. The minimum atomic E-state index is -5.31. The van der Waals surface area contributed by atoms with Crippen LogP contribution in [-0.4, -0.2) is 63.7 Å². The van der Waals surface area contributed by atoms with E-state index in [2.05, 4.69) is 23.3 Å².